The summed E-state index contributed by atoms with van der Waals surface area (Å²) in [6, 6.07) is 1.68. The van der Waals surface area contributed by atoms with Crippen molar-refractivity contribution in [1.29, 1.82) is 0 Å². The van der Waals surface area contributed by atoms with Crippen molar-refractivity contribution in [2.75, 3.05) is 0 Å². The largest absolute Gasteiger partial charge is 0.506 e. The van der Waals surface area contributed by atoms with Crippen molar-refractivity contribution >= 4 is 17.1 Å². The van der Waals surface area contributed by atoms with E-state index >= 15 is 0 Å². The highest BCUT2D eigenvalue weighted by atomic mass is 16.6. The van der Waals surface area contributed by atoms with Crippen LogP contribution in [0.15, 0.2) is 23.5 Å². The van der Waals surface area contributed by atoms with E-state index in [0.29, 0.717) is 22.3 Å². The second kappa shape index (κ2) is 4.30. The van der Waals surface area contributed by atoms with E-state index < -0.39 is 11.6 Å². The minimum Gasteiger partial charge on any atom is -0.506 e. The third-order valence-electron chi connectivity index (χ3n) is 4.25. The Morgan fingerprint density at radius 1 is 1.32 bits per heavy atom. The molecule has 0 fully saturated rings. The first kappa shape index (κ1) is 14.5. The molecule has 5 nitrogen and oxygen atoms in total. The Balaban J connectivity index is 2.40. The fourth-order valence-corrected chi connectivity index (χ4v) is 3.08. The Morgan fingerprint density at radius 2 is 1.95 bits per heavy atom. The van der Waals surface area contributed by atoms with E-state index in [1.165, 1.54) is 19.9 Å². The SMILES string of the molecule is CC(=O)c1c(C)cc2c(c1O)C(=O)C=C1O[C@@](C)(O)C(C)=C12. The molecule has 0 spiro atoms. The average Bonchev–Trinajstić information content (AvgIpc) is 2.58. The predicted molar refractivity (Wildman–Crippen MR) is 79.6 cm³/mol. The molecule has 2 aliphatic rings. The van der Waals surface area contributed by atoms with Crippen LogP contribution in [0, 0.1) is 6.92 Å². The van der Waals surface area contributed by atoms with Gasteiger partial charge < -0.3 is 14.9 Å². The third kappa shape index (κ3) is 1.75. The first-order valence-electron chi connectivity index (χ1n) is 6.92. The highest BCUT2D eigenvalue weighted by Crippen LogP contribution is 2.48. The van der Waals surface area contributed by atoms with Crippen LogP contribution in [0.3, 0.4) is 0 Å². The fourth-order valence-electron chi connectivity index (χ4n) is 3.08. The van der Waals surface area contributed by atoms with E-state index in [-0.39, 0.29) is 28.4 Å². The zero-order valence-corrected chi connectivity index (χ0v) is 12.8. The molecule has 0 aromatic heterocycles. The number of hydrogen-bond acceptors (Lipinski definition) is 5. The summed E-state index contributed by atoms with van der Waals surface area (Å²) in [6.45, 7) is 6.25. The Hall–Kier alpha value is -2.40. The number of hydrogen-bond donors (Lipinski definition) is 2. The molecule has 1 heterocycles. The first-order chi connectivity index (χ1) is 10.1. The van der Waals surface area contributed by atoms with E-state index in [2.05, 4.69) is 0 Å². The van der Waals surface area contributed by atoms with Gasteiger partial charge >= 0.3 is 0 Å². The third-order valence-corrected chi connectivity index (χ3v) is 4.25. The molecule has 2 N–H and O–H groups in total. The summed E-state index contributed by atoms with van der Waals surface area (Å²) < 4.78 is 5.42. The molecule has 22 heavy (non-hydrogen) atoms. The lowest BCUT2D eigenvalue weighted by Gasteiger charge is -2.20. The van der Waals surface area contributed by atoms with Gasteiger partial charge in [0.05, 0.1) is 11.1 Å². The number of fused-ring (bicyclic) bond motifs is 3. The molecule has 1 aromatic carbocycles. The van der Waals surface area contributed by atoms with Gasteiger partial charge in [0.2, 0.25) is 5.79 Å². The maximum atomic E-state index is 12.3. The van der Waals surface area contributed by atoms with Gasteiger partial charge in [0, 0.05) is 29.7 Å². The molecular formula is C17H16O5. The lowest BCUT2D eigenvalue weighted by Crippen LogP contribution is -2.24. The van der Waals surface area contributed by atoms with Gasteiger partial charge in [-0.1, -0.05) is 0 Å². The molecule has 114 valence electrons. The molecule has 0 bridgehead atoms. The Morgan fingerprint density at radius 3 is 2.55 bits per heavy atom. The molecule has 0 saturated heterocycles. The number of benzene rings is 1. The topological polar surface area (TPSA) is 83.8 Å². The number of allylic oxidation sites excluding steroid dienone is 2. The second-order valence-corrected chi connectivity index (χ2v) is 5.85. The van der Waals surface area contributed by atoms with E-state index in [1.807, 2.05) is 0 Å². The fraction of sp³-hybridized carbons (Fsp3) is 0.294. The van der Waals surface area contributed by atoms with Crippen LogP contribution in [-0.4, -0.2) is 27.6 Å². The molecule has 1 aliphatic heterocycles. The second-order valence-electron chi connectivity index (χ2n) is 5.85. The monoisotopic (exact) mass is 300 g/mol. The maximum absolute atomic E-state index is 12.3. The number of phenols is 1. The van der Waals surface area contributed by atoms with Crippen LogP contribution in [-0.2, 0) is 4.74 Å². The summed E-state index contributed by atoms with van der Waals surface area (Å²) in [6.07, 6.45) is 1.24. The number of carbonyl (C=O) groups is 2. The van der Waals surface area contributed by atoms with Gasteiger partial charge in [0.25, 0.3) is 0 Å². The maximum Gasteiger partial charge on any atom is 0.228 e. The summed E-state index contributed by atoms with van der Waals surface area (Å²) in [5, 5.41) is 20.6. The van der Waals surface area contributed by atoms with Crippen molar-refractivity contribution in [3.63, 3.8) is 0 Å². The van der Waals surface area contributed by atoms with E-state index in [0.717, 1.165) is 0 Å². The number of ketones is 2. The predicted octanol–water partition coefficient (Wildman–Crippen LogP) is 2.50. The molecule has 0 unspecified atom stereocenters. The molecule has 3 rings (SSSR count). The van der Waals surface area contributed by atoms with Crippen molar-refractivity contribution in [2.45, 2.75) is 33.5 Å². The number of Topliss-reactive ketones (excluding diaryl/α,β-unsaturated/α-hetero) is 1. The van der Waals surface area contributed by atoms with Gasteiger partial charge in [-0.25, -0.2) is 0 Å². The summed E-state index contributed by atoms with van der Waals surface area (Å²) in [4.78, 5) is 24.0. The van der Waals surface area contributed by atoms with Gasteiger partial charge in [0.1, 0.15) is 11.5 Å². The summed E-state index contributed by atoms with van der Waals surface area (Å²) in [5.41, 5.74) is 2.43. The smallest absolute Gasteiger partial charge is 0.228 e. The number of phenolic OH excluding ortho intramolecular Hbond substituents is 1. The summed E-state index contributed by atoms with van der Waals surface area (Å²) in [5.74, 6) is -2.27. The van der Waals surface area contributed by atoms with Crippen molar-refractivity contribution in [2.24, 2.45) is 0 Å². The van der Waals surface area contributed by atoms with Crippen LogP contribution in [0.25, 0.3) is 5.57 Å². The van der Waals surface area contributed by atoms with Crippen LogP contribution in [0.4, 0.5) is 0 Å². The molecule has 0 saturated carbocycles. The van der Waals surface area contributed by atoms with Gasteiger partial charge in [-0.05, 0) is 32.4 Å². The summed E-state index contributed by atoms with van der Waals surface area (Å²) in [7, 11) is 0. The normalized spacial score (nSPS) is 23.0. The van der Waals surface area contributed by atoms with Crippen molar-refractivity contribution in [3.8, 4) is 5.75 Å². The van der Waals surface area contributed by atoms with Crippen molar-refractivity contribution in [1.82, 2.24) is 0 Å². The lowest BCUT2D eigenvalue weighted by molar-refractivity contribution is -0.116. The van der Waals surface area contributed by atoms with Gasteiger partial charge in [-0.2, -0.15) is 0 Å². The minimum absolute atomic E-state index is 0.0789. The van der Waals surface area contributed by atoms with Crippen molar-refractivity contribution in [3.05, 3.63) is 45.7 Å². The van der Waals surface area contributed by atoms with E-state index in [9.17, 15) is 19.8 Å². The number of ether oxygens (including phenoxy) is 1. The number of carbonyl (C=O) groups excluding carboxylic acids is 2. The number of aryl methyl sites for hydroxylation is 1. The molecule has 1 atom stereocenters. The van der Waals surface area contributed by atoms with Crippen LogP contribution in [0.1, 0.15) is 52.6 Å². The number of rotatable bonds is 1. The Labute approximate surface area is 127 Å². The molecule has 5 heteroatoms. The standard InChI is InChI=1S/C17H16O5/c1-7-5-10-14-8(2)17(4,21)22-12(14)6-11(19)15(10)16(20)13(7)9(3)18/h5-6,20-21H,1-4H3/t17-/m1/s1. The zero-order valence-electron chi connectivity index (χ0n) is 12.8. The van der Waals surface area contributed by atoms with Crippen LogP contribution in [0.5, 0.6) is 5.75 Å². The lowest BCUT2D eigenvalue weighted by atomic mass is 9.84. The first-order valence-corrected chi connectivity index (χ1v) is 6.92. The molecule has 0 radical (unpaired) electrons. The Bertz CT molecular complexity index is 809. The zero-order chi connectivity index (χ0) is 16.4. The highest BCUT2D eigenvalue weighted by Gasteiger charge is 2.42. The van der Waals surface area contributed by atoms with E-state index in [4.69, 9.17) is 4.74 Å². The van der Waals surface area contributed by atoms with Crippen LogP contribution < -0.4 is 0 Å². The molecular weight excluding hydrogens is 284 g/mol. The van der Waals surface area contributed by atoms with Crippen LogP contribution >= 0.6 is 0 Å². The highest BCUT2D eigenvalue weighted by molar-refractivity contribution is 6.17. The van der Waals surface area contributed by atoms with Crippen molar-refractivity contribution < 1.29 is 24.5 Å². The molecule has 1 aromatic rings. The Kier molecular flexibility index (Phi) is 2.84. The molecule has 0 amide bonds. The van der Waals surface area contributed by atoms with Gasteiger partial charge in [-0.3, -0.25) is 9.59 Å². The van der Waals surface area contributed by atoms with E-state index in [1.54, 1.807) is 19.9 Å². The summed E-state index contributed by atoms with van der Waals surface area (Å²) >= 11 is 0. The number of aliphatic hydroxyl groups is 1. The quantitative estimate of drug-likeness (QED) is 0.778. The average molecular weight is 300 g/mol. The van der Waals surface area contributed by atoms with Crippen LogP contribution in [0.2, 0.25) is 0 Å². The van der Waals surface area contributed by atoms with Gasteiger partial charge in [-0.15, -0.1) is 0 Å². The van der Waals surface area contributed by atoms with Gasteiger partial charge in [0.15, 0.2) is 11.6 Å². The number of aromatic hydroxyl groups is 1. The molecule has 1 aliphatic carbocycles. The minimum atomic E-state index is -1.49.